The number of fused-ring (bicyclic) bond motifs is 1. The molecule has 0 bridgehead atoms. The summed E-state index contributed by atoms with van der Waals surface area (Å²) in [4.78, 5) is 11.8. The van der Waals surface area contributed by atoms with Gasteiger partial charge in [0.1, 0.15) is 5.75 Å². The molecule has 1 unspecified atom stereocenters. The lowest BCUT2D eigenvalue weighted by atomic mass is 10.0. The van der Waals surface area contributed by atoms with Crippen molar-refractivity contribution in [1.29, 1.82) is 0 Å². The average molecular weight is 248 g/mol. The van der Waals surface area contributed by atoms with E-state index in [2.05, 4.69) is 10.6 Å². The molecular weight excluding hydrogens is 228 g/mol. The minimum absolute atomic E-state index is 0.0328. The summed E-state index contributed by atoms with van der Waals surface area (Å²) >= 11 is 0. The lowest BCUT2D eigenvalue weighted by Crippen LogP contribution is -2.39. The second kappa shape index (κ2) is 5.87. The molecule has 1 amide bonds. The number of rotatable bonds is 4. The van der Waals surface area contributed by atoms with Gasteiger partial charge in [-0.2, -0.15) is 0 Å². The van der Waals surface area contributed by atoms with Crippen molar-refractivity contribution in [2.24, 2.45) is 0 Å². The number of amides is 1. The number of para-hydroxylation sites is 1. The molecule has 0 fully saturated rings. The van der Waals surface area contributed by atoms with Crippen molar-refractivity contribution in [3.05, 3.63) is 29.8 Å². The highest BCUT2D eigenvalue weighted by atomic mass is 16.5. The molecule has 2 N–H and O–H groups in total. The predicted octanol–water partition coefficient (Wildman–Crippen LogP) is 1.62. The van der Waals surface area contributed by atoms with Crippen LogP contribution in [0.1, 0.15) is 31.9 Å². The molecule has 1 aromatic carbocycles. The van der Waals surface area contributed by atoms with Crippen LogP contribution in [0.25, 0.3) is 0 Å². The lowest BCUT2D eigenvalue weighted by molar-refractivity contribution is -0.121. The maximum Gasteiger partial charge on any atom is 0.234 e. The summed E-state index contributed by atoms with van der Waals surface area (Å²) in [6, 6.07) is 8.26. The molecule has 0 aliphatic carbocycles. The zero-order valence-corrected chi connectivity index (χ0v) is 10.9. The van der Waals surface area contributed by atoms with E-state index in [1.165, 1.54) is 0 Å². The van der Waals surface area contributed by atoms with Gasteiger partial charge in [0.05, 0.1) is 19.2 Å². The third kappa shape index (κ3) is 3.23. The zero-order valence-electron chi connectivity index (χ0n) is 10.9. The van der Waals surface area contributed by atoms with E-state index in [0.29, 0.717) is 19.2 Å². The zero-order chi connectivity index (χ0) is 13.0. The first kappa shape index (κ1) is 12.9. The van der Waals surface area contributed by atoms with Crippen molar-refractivity contribution >= 4 is 5.91 Å². The van der Waals surface area contributed by atoms with Crippen molar-refractivity contribution < 1.29 is 9.53 Å². The van der Waals surface area contributed by atoms with Crippen molar-refractivity contribution in [2.75, 3.05) is 13.2 Å². The summed E-state index contributed by atoms with van der Waals surface area (Å²) in [5.41, 5.74) is 1.07. The Bertz CT molecular complexity index is 418. The number of hydrogen-bond donors (Lipinski definition) is 2. The molecule has 1 aromatic rings. The Morgan fingerprint density at radius 1 is 1.44 bits per heavy atom. The van der Waals surface area contributed by atoms with Gasteiger partial charge in [-0.3, -0.25) is 4.79 Å². The van der Waals surface area contributed by atoms with Crippen molar-refractivity contribution in [3.8, 4) is 5.75 Å². The normalized spacial score (nSPS) is 18.1. The van der Waals surface area contributed by atoms with Crippen LogP contribution < -0.4 is 15.4 Å². The fourth-order valence-corrected chi connectivity index (χ4v) is 2.03. The highest BCUT2D eigenvalue weighted by molar-refractivity contribution is 5.78. The minimum atomic E-state index is 0.0328. The molecule has 4 nitrogen and oxygen atoms in total. The molecule has 18 heavy (non-hydrogen) atoms. The van der Waals surface area contributed by atoms with Crippen LogP contribution in [-0.4, -0.2) is 25.1 Å². The van der Waals surface area contributed by atoms with E-state index < -0.39 is 0 Å². The Balaban J connectivity index is 1.96. The number of hydrogen-bond acceptors (Lipinski definition) is 3. The molecule has 98 valence electrons. The molecule has 1 aliphatic rings. The molecule has 1 atom stereocenters. The molecule has 4 heteroatoms. The van der Waals surface area contributed by atoms with E-state index in [9.17, 15) is 4.79 Å². The number of carbonyl (C=O) groups is 1. The van der Waals surface area contributed by atoms with E-state index in [1.807, 2.05) is 38.1 Å². The van der Waals surface area contributed by atoms with Gasteiger partial charge in [-0.25, -0.2) is 0 Å². The molecule has 0 spiro atoms. The molecule has 0 saturated heterocycles. The highest BCUT2D eigenvalue weighted by Crippen LogP contribution is 2.31. The van der Waals surface area contributed by atoms with Gasteiger partial charge in [-0.05, 0) is 6.07 Å². The third-order valence-corrected chi connectivity index (χ3v) is 2.96. The van der Waals surface area contributed by atoms with Gasteiger partial charge >= 0.3 is 0 Å². The maximum atomic E-state index is 11.8. The van der Waals surface area contributed by atoms with Crippen LogP contribution in [0.4, 0.5) is 0 Å². The first-order valence-electron chi connectivity index (χ1n) is 6.41. The first-order valence-corrected chi connectivity index (χ1v) is 6.41. The van der Waals surface area contributed by atoms with Gasteiger partial charge in [0.2, 0.25) is 5.91 Å². The van der Waals surface area contributed by atoms with Crippen molar-refractivity contribution in [1.82, 2.24) is 10.6 Å². The number of carbonyl (C=O) groups excluding carboxylic acids is 1. The molecule has 1 heterocycles. The van der Waals surface area contributed by atoms with Gasteiger partial charge in [0, 0.05) is 18.0 Å². The van der Waals surface area contributed by atoms with Crippen LogP contribution in [0.15, 0.2) is 24.3 Å². The second-order valence-corrected chi connectivity index (χ2v) is 4.83. The van der Waals surface area contributed by atoms with Crippen molar-refractivity contribution in [3.63, 3.8) is 0 Å². The predicted molar refractivity (Wildman–Crippen MR) is 70.6 cm³/mol. The Labute approximate surface area is 108 Å². The molecule has 0 radical (unpaired) electrons. The second-order valence-electron chi connectivity index (χ2n) is 4.83. The van der Waals surface area contributed by atoms with E-state index in [4.69, 9.17) is 4.74 Å². The Morgan fingerprint density at radius 3 is 3.00 bits per heavy atom. The number of nitrogens with one attached hydrogen (secondary N) is 2. The SMILES string of the molecule is CC(C)NCC(=O)NC1CCOc2ccccc21. The topological polar surface area (TPSA) is 50.4 Å². The fraction of sp³-hybridized carbons (Fsp3) is 0.500. The molecule has 1 aliphatic heterocycles. The first-order chi connectivity index (χ1) is 8.66. The number of benzene rings is 1. The Morgan fingerprint density at radius 2 is 2.22 bits per heavy atom. The maximum absolute atomic E-state index is 11.8. The van der Waals surface area contributed by atoms with Crippen molar-refractivity contribution in [2.45, 2.75) is 32.4 Å². The summed E-state index contributed by atoms with van der Waals surface area (Å²) < 4.78 is 5.57. The van der Waals surface area contributed by atoms with Crippen LogP contribution in [0.3, 0.4) is 0 Å². The van der Waals surface area contributed by atoms with E-state index in [1.54, 1.807) is 0 Å². The van der Waals surface area contributed by atoms with Crippen LogP contribution >= 0.6 is 0 Å². The average Bonchev–Trinajstić information content (AvgIpc) is 2.37. The van der Waals surface area contributed by atoms with Crippen LogP contribution in [0, 0.1) is 0 Å². The summed E-state index contributed by atoms with van der Waals surface area (Å²) in [6.07, 6.45) is 0.824. The quantitative estimate of drug-likeness (QED) is 0.851. The molecule has 0 aromatic heterocycles. The summed E-state index contributed by atoms with van der Waals surface area (Å²) in [7, 11) is 0. The number of ether oxygens (including phenoxy) is 1. The van der Waals surface area contributed by atoms with E-state index >= 15 is 0 Å². The minimum Gasteiger partial charge on any atom is -0.493 e. The summed E-state index contributed by atoms with van der Waals surface area (Å²) in [5.74, 6) is 0.913. The third-order valence-electron chi connectivity index (χ3n) is 2.96. The van der Waals surface area contributed by atoms with Crippen LogP contribution in [-0.2, 0) is 4.79 Å². The summed E-state index contributed by atoms with van der Waals surface area (Å²) in [6.45, 7) is 5.06. The monoisotopic (exact) mass is 248 g/mol. The van der Waals surface area contributed by atoms with Gasteiger partial charge < -0.3 is 15.4 Å². The highest BCUT2D eigenvalue weighted by Gasteiger charge is 2.22. The van der Waals surface area contributed by atoms with Gasteiger partial charge in [0.15, 0.2) is 0 Å². The molecule has 2 rings (SSSR count). The van der Waals surface area contributed by atoms with Gasteiger partial charge in [0.25, 0.3) is 0 Å². The van der Waals surface area contributed by atoms with E-state index in [-0.39, 0.29) is 11.9 Å². The Hall–Kier alpha value is -1.55. The molecule has 0 saturated carbocycles. The fourth-order valence-electron chi connectivity index (χ4n) is 2.03. The summed E-state index contributed by atoms with van der Waals surface area (Å²) in [5, 5.41) is 6.16. The van der Waals surface area contributed by atoms with Gasteiger partial charge in [-0.1, -0.05) is 32.0 Å². The van der Waals surface area contributed by atoms with Crippen LogP contribution in [0.2, 0.25) is 0 Å². The molecular formula is C14H20N2O2. The van der Waals surface area contributed by atoms with Gasteiger partial charge in [-0.15, -0.1) is 0 Å². The largest absolute Gasteiger partial charge is 0.493 e. The Kier molecular flexibility index (Phi) is 4.20. The lowest BCUT2D eigenvalue weighted by Gasteiger charge is -2.26. The van der Waals surface area contributed by atoms with Crippen LogP contribution in [0.5, 0.6) is 5.75 Å². The smallest absolute Gasteiger partial charge is 0.234 e. The van der Waals surface area contributed by atoms with E-state index in [0.717, 1.165) is 17.7 Å². The standard InChI is InChI=1S/C14H20N2O2/c1-10(2)15-9-14(17)16-12-7-8-18-13-6-4-3-5-11(12)13/h3-6,10,12,15H,7-9H2,1-2H3,(H,16,17).